The number of β-amino-alcohol motifs (C(OH)–C–C–N with tert-alkyl or cyclic N) is 1. The lowest BCUT2D eigenvalue weighted by molar-refractivity contribution is 0.0488. The van der Waals surface area contributed by atoms with Gasteiger partial charge < -0.3 is 5.11 Å². The second kappa shape index (κ2) is 7.19. The molecule has 0 saturated carbocycles. The molecule has 0 aliphatic carbocycles. The summed E-state index contributed by atoms with van der Waals surface area (Å²) in [4.78, 5) is 32.4. The van der Waals surface area contributed by atoms with Gasteiger partial charge in [-0.15, -0.1) is 11.3 Å². The Morgan fingerprint density at radius 1 is 1.07 bits per heavy atom. The van der Waals surface area contributed by atoms with Crippen LogP contribution in [0.2, 0.25) is 0 Å². The average Bonchev–Trinajstić information content (AvgIpc) is 3.16. The smallest absolute Gasteiger partial charge is 0.261 e. The second-order valence-electron chi connectivity index (χ2n) is 6.69. The van der Waals surface area contributed by atoms with Crippen molar-refractivity contribution in [1.29, 1.82) is 0 Å². The third kappa shape index (κ3) is 3.49. The molecule has 7 heteroatoms. The molecule has 138 valence electrons. The molecule has 1 aliphatic rings. The van der Waals surface area contributed by atoms with E-state index in [2.05, 4.69) is 4.98 Å². The van der Waals surface area contributed by atoms with Gasteiger partial charge in [0.1, 0.15) is 5.01 Å². The Labute approximate surface area is 160 Å². The van der Waals surface area contributed by atoms with Gasteiger partial charge in [-0.3, -0.25) is 19.4 Å². The number of carbonyl (C=O) groups excluding carboxylic acids is 2. The number of fused-ring (bicyclic) bond motifs is 2. The summed E-state index contributed by atoms with van der Waals surface area (Å²) in [5.41, 5.74) is 1.77. The number of aromatic nitrogens is 1. The molecule has 1 N–H and O–H groups in total. The normalized spacial score (nSPS) is 15.0. The van der Waals surface area contributed by atoms with E-state index in [1.165, 1.54) is 0 Å². The molecule has 6 nitrogen and oxygen atoms in total. The Hall–Kier alpha value is -2.61. The lowest BCUT2D eigenvalue weighted by Gasteiger charge is -2.23. The number of rotatable bonds is 6. The van der Waals surface area contributed by atoms with Gasteiger partial charge in [0.25, 0.3) is 11.8 Å². The van der Waals surface area contributed by atoms with Crippen molar-refractivity contribution in [3.05, 3.63) is 64.7 Å². The number of para-hydroxylation sites is 1. The van der Waals surface area contributed by atoms with Crippen LogP contribution in [0.3, 0.4) is 0 Å². The monoisotopic (exact) mass is 381 g/mol. The van der Waals surface area contributed by atoms with E-state index in [1.807, 2.05) is 36.2 Å². The van der Waals surface area contributed by atoms with Crippen LogP contribution in [0.25, 0.3) is 10.2 Å². The minimum absolute atomic E-state index is 0.0173. The molecule has 1 aliphatic heterocycles. The molecule has 0 unspecified atom stereocenters. The summed E-state index contributed by atoms with van der Waals surface area (Å²) in [5.74, 6) is -0.688. The summed E-state index contributed by atoms with van der Waals surface area (Å²) >= 11 is 1.62. The first-order chi connectivity index (χ1) is 13.0. The van der Waals surface area contributed by atoms with E-state index < -0.39 is 6.10 Å². The van der Waals surface area contributed by atoms with Gasteiger partial charge in [-0.25, -0.2) is 4.98 Å². The van der Waals surface area contributed by atoms with E-state index in [0.29, 0.717) is 24.2 Å². The largest absolute Gasteiger partial charge is 0.390 e. The van der Waals surface area contributed by atoms with Crippen LogP contribution in [-0.2, 0) is 6.54 Å². The van der Waals surface area contributed by atoms with Gasteiger partial charge in [-0.1, -0.05) is 24.3 Å². The quantitative estimate of drug-likeness (QED) is 0.664. The van der Waals surface area contributed by atoms with E-state index in [0.717, 1.165) is 20.1 Å². The van der Waals surface area contributed by atoms with Crippen LogP contribution in [0.4, 0.5) is 0 Å². The predicted octanol–water partition coefficient (Wildman–Crippen LogP) is 2.39. The fourth-order valence-corrected chi connectivity index (χ4v) is 4.36. The first-order valence-electron chi connectivity index (χ1n) is 8.69. The van der Waals surface area contributed by atoms with Gasteiger partial charge in [-0.05, 0) is 31.3 Å². The number of likely N-dealkylation sites (N-methyl/N-ethyl adjacent to an activating group) is 1. The minimum Gasteiger partial charge on any atom is -0.390 e. The van der Waals surface area contributed by atoms with Crippen molar-refractivity contribution in [2.24, 2.45) is 0 Å². The zero-order valence-electron chi connectivity index (χ0n) is 14.8. The maximum Gasteiger partial charge on any atom is 0.261 e. The van der Waals surface area contributed by atoms with Gasteiger partial charge in [0, 0.05) is 6.54 Å². The van der Waals surface area contributed by atoms with Crippen molar-refractivity contribution < 1.29 is 14.7 Å². The first kappa shape index (κ1) is 17.8. The van der Waals surface area contributed by atoms with Crippen LogP contribution >= 0.6 is 11.3 Å². The molecule has 2 heterocycles. The van der Waals surface area contributed by atoms with E-state index in [4.69, 9.17) is 0 Å². The van der Waals surface area contributed by atoms with E-state index in [-0.39, 0.29) is 18.4 Å². The molecule has 2 amide bonds. The number of amides is 2. The summed E-state index contributed by atoms with van der Waals surface area (Å²) in [7, 11) is 1.89. The van der Waals surface area contributed by atoms with Crippen molar-refractivity contribution >= 4 is 33.4 Å². The Balaban J connectivity index is 1.37. The van der Waals surface area contributed by atoms with Crippen LogP contribution in [0.5, 0.6) is 0 Å². The molecule has 4 rings (SSSR count). The highest BCUT2D eigenvalue weighted by Gasteiger charge is 2.36. The number of carbonyl (C=O) groups is 2. The van der Waals surface area contributed by atoms with Gasteiger partial charge in [0.05, 0.1) is 40.5 Å². The fourth-order valence-electron chi connectivity index (χ4n) is 3.32. The number of imide groups is 1. The summed E-state index contributed by atoms with van der Waals surface area (Å²) in [6, 6.07) is 14.7. The molecule has 0 spiro atoms. The molecule has 0 saturated heterocycles. The number of aliphatic hydroxyl groups excluding tert-OH is 1. The van der Waals surface area contributed by atoms with Crippen LogP contribution in [0.1, 0.15) is 25.7 Å². The fraction of sp³-hybridized carbons (Fsp3) is 0.250. The predicted molar refractivity (Wildman–Crippen MR) is 104 cm³/mol. The third-order valence-corrected chi connectivity index (χ3v) is 5.56. The maximum absolute atomic E-state index is 12.4. The zero-order chi connectivity index (χ0) is 19.0. The molecule has 1 atom stereocenters. The van der Waals surface area contributed by atoms with Crippen molar-refractivity contribution in [2.45, 2.75) is 12.6 Å². The van der Waals surface area contributed by atoms with Crippen LogP contribution < -0.4 is 0 Å². The van der Waals surface area contributed by atoms with Crippen LogP contribution in [-0.4, -0.2) is 57.9 Å². The molecule has 0 radical (unpaired) electrons. The SMILES string of the molecule is CN(Cc1nc2ccccc2s1)C[C@H](O)CN1C(=O)c2ccccc2C1=O. The Kier molecular flexibility index (Phi) is 4.73. The number of hydrogen-bond acceptors (Lipinski definition) is 6. The van der Waals surface area contributed by atoms with E-state index in [1.54, 1.807) is 35.6 Å². The zero-order valence-corrected chi connectivity index (χ0v) is 15.6. The molecule has 3 aromatic rings. The molecule has 2 aromatic carbocycles. The molecule has 1 aromatic heterocycles. The summed E-state index contributed by atoms with van der Waals surface area (Å²) in [6.07, 6.45) is -0.827. The highest BCUT2D eigenvalue weighted by Crippen LogP contribution is 2.24. The number of hydrogen-bond donors (Lipinski definition) is 1. The van der Waals surface area contributed by atoms with Crippen LogP contribution in [0.15, 0.2) is 48.5 Å². The van der Waals surface area contributed by atoms with Gasteiger partial charge in [-0.2, -0.15) is 0 Å². The van der Waals surface area contributed by atoms with E-state index >= 15 is 0 Å². The lowest BCUT2D eigenvalue weighted by atomic mass is 10.1. The number of benzene rings is 2. The third-order valence-electron chi connectivity index (χ3n) is 4.54. The highest BCUT2D eigenvalue weighted by molar-refractivity contribution is 7.18. The van der Waals surface area contributed by atoms with Crippen molar-refractivity contribution in [1.82, 2.24) is 14.8 Å². The van der Waals surface area contributed by atoms with Gasteiger partial charge >= 0.3 is 0 Å². The molecular formula is C20H19N3O3S. The number of nitrogens with zero attached hydrogens (tertiary/aromatic N) is 3. The molecule has 0 bridgehead atoms. The summed E-state index contributed by atoms with van der Waals surface area (Å²) in [6.45, 7) is 0.915. The van der Waals surface area contributed by atoms with Gasteiger partial charge in [0.15, 0.2) is 0 Å². The highest BCUT2D eigenvalue weighted by atomic mass is 32.1. The van der Waals surface area contributed by atoms with Gasteiger partial charge in [0.2, 0.25) is 0 Å². The Bertz CT molecular complexity index is 948. The van der Waals surface area contributed by atoms with Crippen molar-refractivity contribution in [3.8, 4) is 0 Å². The Morgan fingerprint density at radius 3 is 2.37 bits per heavy atom. The summed E-state index contributed by atoms with van der Waals surface area (Å²) in [5, 5.41) is 11.4. The van der Waals surface area contributed by atoms with Crippen molar-refractivity contribution in [3.63, 3.8) is 0 Å². The minimum atomic E-state index is -0.827. The topological polar surface area (TPSA) is 73.7 Å². The second-order valence-corrected chi connectivity index (χ2v) is 7.81. The number of thiazole rings is 1. The Morgan fingerprint density at radius 2 is 1.70 bits per heavy atom. The molecule has 0 fully saturated rings. The lowest BCUT2D eigenvalue weighted by Crippen LogP contribution is -2.41. The molecule has 27 heavy (non-hydrogen) atoms. The average molecular weight is 381 g/mol. The van der Waals surface area contributed by atoms with Crippen LogP contribution in [0, 0.1) is 0 Å². The summed E-state index contributed by atoms with van der Waals surface area (Å²) < 4.78 is 1.13. The first-order valence-corrected chi connectivity index (χ1v) is 9.51. The van der Waals surface area contributed by atoms with E-state index in [9.17, 15) is 14.7 Å². The maximum atomic E-state index is 12.4. The van der Waals surface area contributed by atoms with Crippen molar-refractivity contribution in [2.75, 3.05) is 20.1 Å². The standard InChI is InChI=1S/C20H19N3O3S/c1-22(12-18-21-16-8-4-5-9-17(16)27-18)10-13(24)11-23-19(25)14-6-2-3-7-15(14)20(23)26/h2-9,13,24H,10-12H2,1H3/t13-/m0/s1. The molecular weight excluding hydrogens is 362 g/mol. The number of aliphatic hydroxyl groups is 1.